The van der Waals surface area contributed by atoms with Gasteiger partial charge in [0.1, 0.15) is 6.10 Å². The summed E-state index contributed by atoms with van der Waals surface area (Å²) in [6.07, 6.45) is 16.6. The highest BCUT2D eigenvalue weighted by Gasteiger charge is 2.59. The summed E-state index contributed by atoms with van der Waals surface area (Å²) in [5, 5.41) is 11.7. The number of aliphatic hydroxyl groups is 1. The Labute approximate surface area is 232 Å². The highest BCUT2D eigenvalue weighted by Crippen LogP contribution is 2.67. The third kappa shape index (κ3) is 5.32. The lowest BCUT2D eigenvalue weighted by atomic mass is 9.47. The number of amides is 1. The van der Waals surface area contributed by atoms with Crippen molar-refractivity contribution in [3.63, 3.8) is 0 Å². The van der Waals surface area contributed by atoms with E-state index in [1.54, 1.807) is 5.57 Å². The average Bonchev–Trinajstić information content (AvgIpc) is 3.36. The first-order chi connectivity index (χ1) is 18.0. The van der Waals surface area contributed by atoms with E-state index in [-0.39, 0.29) is 29.8 Å². The molecule has 4 aliphatic carbocycles. The van der Waals surface area contributed by atoms with Crippen LogP contribution in [0.5, 0.6) is 0 Å². The molecule has 38 heavy (non-hydrogen) atoms. The van der Waals surface area contributed by atoms with Gasteiger partial charge in [0.05, 0.1) is 6.10 Å². The predicted octanol–water partition coefficient (Wildman–Crippen LogP) is 7.49. The first kappa shape index (κ1) is 28.5. The van der Waals surface area contributed by atoms with E-state index < -0.39 is 0 Å². The molecule has 0 aromatic heterocycles. The molecule has 1 saturated heterocycles. The quantitative estimate of drug-likeness (QED) is 0.336. The summed E-state index contributed by atoms with van der Waals surface area (Å²) < 4.78 is 5.93. The van der Waals surface area contributed by atoms with Gasteiger partial charge in [-0.1, -0.05) is 65.5 Å². The van der Waals surface area contributed by atoms with Crippen molar-refractivity contribution >= 4 is 6.09 Å². The van der Waals surface area contributed by atoms with Crippen LogP contribution in [0.2, 0.25) is 0 Å². The van der Waals surface area contributed by atoms with Crippen LogP contribution in [0.4, 0.5) is 4.79 Å². The van der Waals surface area contributed by atoms with Gasteiger partial charge >= 0.3 is 6.09 Å². The summed E-state index contributed by atoms with van der Waals surface area (Å²) in [4.78, 5) is 12.7. The number of hydrazine groups is 1. The molecule has 1 amide bonds. The van der Waals surface area contributed by atoms with Gasteiger partial charge in [-0.2, -0.15) is 0 Å². The van der Waals surface area contributed by atoms with Crippen molar-refractivity contribution in [1.29, 1.82) is 0 Å². The molecule has 3 saturated carbocycles. The molecule has 216 valence electrons. The molecule has 5 rings (SSSR count). The largest absolute Gasteiger partial charge is 0.445 e. The zero-order valence-corrected chi connectivity index (χ0v) is 25.2. The summed E-state index contributed by atoms with van der Waals surface area (Å²) in [6.45, 7) is 15.0. The average molecular weight is 529 g/mol. The summed E-state index contributed by atoms with van der Waals surface area (Å²) in [6, 6.07) is 0.139. The number of β-amino-alcohol motifs (C(OH)–C–C–N with tert-alkyl or cyclic N) is 1. The van der Waals surface area contributed by atoms with Crippen LogP contribution in [0, 0.1) is 46.3 Å². The van der Waals surface area contributed by atoms with Gasteiger partial charge in [0.2, 0.25) is 0 Å². The lowest BCUT2D eigenvalue weighted by Crippen LogP contribution is -2.51. The molecule has 5 nitrogen and oxygen atoms in total. The topological polar surface area (TPSA) is 61.8 Å². The Morgan fingerprint density at radius 1 is 1.13 bits per heavy atom. The zero-order chi connectivity index (χ0) is 27.2. The number of carbonyl (C=O) groups excluding carboxylic acids is 1. The van der Waals surface area contributed by atoms with E-state index >= 15 is 0 Å². The SMILES string of the molecule is CC(C)CCC[C@@H](C)[C@H]1CCC2C3CC=C4C[C@@H](OC(=O)NN5C[C@H](O)C[C@H]5C)CC[C@]4(C)C3CC[C@@]21C. The van der Waals surface area contributed by atoms with Gasteiger partial charge < -0.3 is 9.84 Å². The second-order valence-electron chi connectivity index (χ2n) is 15.1. The molecule has 2 N–H and O–H groups in total. The number of allylic oxidation sites excluding steroid dienone is 1. The molecule has 0 aromatic carbocycles. The molecule has 0 bridgehead atoms. The van der Waals surface area contributed by atoms with E-state index in [4.69, 9.17) is 4.74 Å². The predicted molar refractivity (Wildman–Crippen MR) is 153 cm³/mol. The van der Waals surface area contributed by atoms with Crippen molar-refractivity contribution in [2.75, 3.05) is 6.54 Å². The summed E-state index contributed by atoms with van der Waals surface area (Å²) in [5.74, 6) is 5.09. The fraction of sp³-hybridized carbons (Fsp3) is 0.909. The second kappa shape index (κ2) is 11.1. The molecular formula is C33H56N2O3. The maximum absolute atomic E-state index is 12.7. The molecule has 5 aliphatic rings. The zero-order valence-electron chi connectivity index (χ0n) is 25.2. The van der Waals surface area contributed by atoms with Crippen molar-refractivity contribution in [3.05, 3.63) is 11.6 Å². The maximum Gasteiger partial charge on any atom is 0.422 e. The molecular weight excluding hydrogens is 472 g/mol. The Kier molecular flexibility index (Phi) is 8.29. The number of rotatable bonds is 7. The Morgan fingerprint density at radius 2 is 1.92 bits per heavy atom. The highest BCUT2D eigenvalue weighted by molar-refractivity contribution is 5.67. The van der Waals surface area contributed by atoms with Gasteiger partial charge in [-0.25, -0.2) is 9.80 Å². The van der Waals surface area contributed by atoms with Crippen LogP contribution in [0.1, 0.15) is 119 Å². The van der Waals surface area contributed by atoms with E-state index in [1.807, 2.05) is 11.9 Å². The minimum atomic E-state index is -0.374. The number of nitrogens with one attached hydrogen (secondary N) is 1. The van der Waals surface area contributed by atoms with Crippen molar-refractivity contribution in [2.45, 2.75) is 137 Å². The van der Waals surface area contributed by atoms with Gasteiger partial charge in [-0.3, -0.25) is 5.43 Å². The molecule has 1 aliphatic heterocycles. The van der Waals surface area contributed by atoms with Crippen LogP contribution >= 0.6 is 0 Å². The number of carbonyl (C=O) groups is 1. The minimum absolute atomic E-state index is 0.0369. The Morgan fingerprint density at radius 3 is 2.63 bits per heavy atom. The van der Waals surface area contributed by atoms with Gasteiger partial charge in [0.25, 0.3) is 0 Å². The van der Waals surface area contributed by atoms with Gasteiger partial charge in [0.15, 0.2) is 0 Å². The van der Waals surface area contributed by atoms with Gasteiger partial charge in [-0.05, 0) is 105 Å². The Balaban J connectivity index is 1.20. The monoisotopic (exact) mass is 528 g/mol. The fourth-order valence-corrected chi connectivity index (χ4v) is 10.2. The normalized spacial score (nSPS) is 43.7. The van der Waals surface area contributed by atoms with E-state index in [1.165, 1.54) is 51.4 Å². The first-order valence-corrected chi connectivity index (χ1v) is 16.1. The maximum atomic E-state index is 12.7. The lowest BCUT2D eigenvalue weighted by molar-refractivity contribution is -0.0588. The number of nitrogens with zero attached hydrogens (tertiary/aromatic N) is 1. The summed E-state index contributed by atoms with van der Waals surface area (Å²) in [7, 11) is 0. The number of aliphatic hydroxyl groups excluding tert-OH is 1. The smallest absolute Gasteiger partial charge is 0.422 e. The Hall–Kier alpha value is -1.07. The standard InChI is InChI=1S/C33H56N2O3/c1-21(2)8-7-9-22(3)28-12-13-29-27-11-10-24-19-26(38-31(37)34-35-20-25(36)18-23(35)4)14-16-32(24,5)30(27)15-17-33(28,29)6/h10,21-23,25-30,36H,7-9,11-20H2,1-6H3,(H,34,37)/t22-,23-,25-,26+,27?,28-,29?,30?,32+,33-/m1/s1. The van der Waals surface area contributed by atoms with Crippen LogP contribution in [-0.4, -0.2) is 41.0 Å². The van der Waals surface area contributed by atoms with Gasteiger partial charge in [0, 0.05) is 19.0 Å². The van der Waals surface area contributed by atoms with Crippen molar-refractivity contribution < 1.29 is 14.6 Å². The molecule has 5 heteroatoms. The number of fused-ring (bicyclic) bond motifs is 5. The van der Waals surface area contributed by atoms with Crippen molar-refractivity contribution in [3.8, 4) is 0 Å². The third-order valence-electron chi connectivity index (χ3n) is 12.3. The molecule has 1 heterocycles. The number of ether oxygens (including phenoxy) is 1. The number of hydrogen-bond acceptors (Lipinski definition) is 4. The first-order valence-electron chi connectivity index (χ1n) is 16.1. The van der Waals surface area contributed by atoms with Crippen LogP contribution < -0.4 is 5.43 Å². The van der Waals surface area contributed by atoms with Crippen LogP contribution in [-0.2, 0) is 4.74 Å². The third-order valence-corrected chi connectivity index (χ3v) is 12.3. The van der Waals surface area contributed by atoms with Crippen LogP contribution in [0.15, 0.2) is 11.6 Å². The van der Waals surface area contributed by atoms with Crippen LogP contribution in [0.25, 0.3) is 0 Å². The molecule has 4 fully saturated rings. The molecule has 3 unspecified atom stereocenters. The molecule has 0 aromatic rings. The minimum Gasteiger partial charge on any atom is -0.445 e. The van der Waals surface area contributed by atoms with E-state index in [0.29, 0.717) is 18.4 Å². The lowest BCUT2D eigenvalue weighted by Gasteiger charge is -2.58. The fourth-order valence-electron chi connectivity index (χ4n) is 10.2. The molecule has 0 spiro atoms. The summed E-state index contributed by atoms with van der Waals surface area (Å²) in [5.41, 5.74) is 5.25. The van der Waals surface area contributed by atoms with E-state index in [9.17, 15) is 9.90 Å². The molecule has 0 radical (unpaired) electrons. The van der Waals surface area contributed by atoms with Gasteiger partial charge in [-0.15, -0.1) is 0 Å². The summed E-state index contributed by atoms with van der Waals surface area (Å²) >= 11 is 0. The molecule has 10 atom stereocenters. The van der Waals surface area contributed by atoms with Crippen molar-refractivity contribution in [1.82, 2.24) is 10.4 Å². The highest BCUT2D eigenvalue weighted by atomic mass is 16.6. The number of hydrogen-bond donors (Lipinski definition) is 2. The van der Waals surface area contributed by atoms with E-state index in [0.717, 1.165) is 54.8 Å². The Bertz CT molecular complexity index is 887. The van der Waals surface area contributed by atoms with Crippen LogP contribution in [0.3, 0.4) is 0 Å². The second-order valence-corrected chi connectivity index (χ2v) is 15.1. The van der Waals surface area contributed by atoms with E-state index in [2.05, 4.69) is 46.1 Å². The van der Waals surface area contributed by atoms with Crippen molar-refractivity contribution in [2.24, 2.45) is 46.3 Å².